The maximum absolute atomic E-state index is 8.66. The molecule has 88 valence electrons. The molecule has 0 saturated heterocycles. The van der Waals surface area contributed by atoms with Crippen molar-refractivity contribution in [2.24, 2.45) is 5.16 Å². The molecule has 0 saturated carbocycles. The fourth-order valence-electron chi connectivity index (χ4n) is 1.90. The van der Waals surface area contributed by atoms with Crippen molar-refractivity contribution < 1.29 is 9.94 Å². The number of aliphatic hydroxyl groups is 1. The van der Waals surface area contributed by atoms with E-state index in [9.17, 15) is 0 Å². The Kier molecular flexibility index (Phi) is 3.73. The molecule has 17 heavy (non-hydrogen) atoms. The molecule has 0 amide bonds. The summed E-state index contributed by atoms with van der Waals surface area (Å²) < 4.78 is 0. The molecule has 1 aliphatic rings. The summed E-state index contributed by atoms with van der Waals surface area (Å²) in [6.45, 7) is -0.155. The van der Waals surface area contributed by atoms with E-state index in [1.54, 1.807) is 0 Å². The Bertz CT molecular complexity index is 498. The fourth-order valence-corrected chi connectivity index (χ4v) is 1.90. The van der Waals surface area contributed by atoms with Crippen LogP contribution in [0.4, 0.5) is 0 Å². The zero-order valence-corrected chi connectivity index (χ0v) is 9.73. The van der Waals surface area contributed by atoms with E-state index in [0.717, 1.165) is 30.7 Å². The number of nitrogens with zero attached hydrogens (tertiary/aromatic N) is 2. The van der Waals surface area contributed by atoms with E-state index in [-0.39, 0.29) is 6.61 Å². The van der Waals surface area contributed by atoms with Crippen LogP contribution in [-0.4, -0.2) is 29.5 Å². The van der Waals surface area contributed by atoms with E-state index in [4.69, 9.17) is 9.94 Å². The van der Waals surface area contributed by atoms with E-state index < -0.39 is 0 Å². The number of aliphatic hydroxyl groups excluding tert-OH is 1. The van der Waals surface area contributed by atoms with Gasteiger partial charge in [-0.05, 0) is 36.8 Å². The first-order valence-corrected chi connectivity index (χ1v) is 5.55. The van der Waals surface area contributed by atoms with E-state index >= 15 is 0 Å². The number of hydrogen-bond acceptors (Lipinski definition) is 4. The van der Waals surface area contributed by atoms with Crippen LogP contribution in [0.1, 0.15) is 29.8 Å². The monoisotopic (exact) mass is 230 g/mol. The van der Waals surface area contributed by atoms with Gasteiger partial charge in [-0.1, -0.05) is 17.1 Å². The number of aromatic nitrogens is 1. The smallest absolute Gasteiger partial charge is 0.114 e. The van der Waals surface area contributed by atoms with Crippen LogP contribution in [0.2, 0.25) is 0 Å². The molecule has 0 fully saturated rings. The average Bonchev–Trinajstić information content (AvgIpc) is 2.37. The second-order valence-electron chi connectivity index (χ2n) is 3.74. The van der Waals surface area contributed by atoms with Crippen molar-refractivity contribution in [3.8, 4) is 11.8 Å². The largest absolute Gasteiger partial charge is 0.399 e. The lowest BCUT2D eigenvalue weighted by Gasteiger charge is -2.16. The summed E-state index contributed by atoms with van der Waals surface area (Å²) in [4.78, 5) is 9.29. The molecule has 1 N–H and O–H groups in total. The molecule has 1 aliphatic carbocycles. The van der Waals surface area contributed by atoms with Crippen LogP contribution in [0.5, 0.6) is 0 Å². The van der Waals surface area contributed by atoms with Crippen LogP contribution in [0.3, 0.4) is 0 Å². The Morgan fingerprint density at radius 2 is 2.35 bits per heavy atom. The van der Waals surface area contributed by atoms with E-state index in [2.05, 4.69) is 22.0 Å². The van der Waals surface area contributed by atoms with Gasteiger partial charge < -0.3 is 9.94 Å². The Labute approximate surface area is 100 Å². The van der Waals surface area contributed by atoms with Gasteiger partial charge in [-0.25, -0.2) is 4.98 Å². The molecule has 1 heterocycles. The molecule has 0 bridgehead atoms. The van der Waals surface area contributed by atoms with Crippen molar-refractivity contribution in [1.29, 1.82) is 0 Å². The van der Waals surface area contributed by atoms with Gasteiger partial charge >= 0.3 is 0 Å². The van der Waals surface area contributed by atoms with Gasteiger partial charge in [-0.15, -0.1) is 0 Å². The van der Waals surface area contributed by atoms with Gasteiger partial charge in [0.2, 0.25) is 0 Å². The van der Waals surface area contributed by atoms with E-state index in [1.165, 1.54) is 12.7 Å². The van der Waals surface area contributed by atoms with Gasteiger partial charge in [0.1, 0.15) is 25.1 Å². The molecule has 4 nitrogen and oxygen atoms in total. The summed E-state index contributed by atoms with van der Waals surface area (Å²) in [7, 11) is 1.54. The lowest BCUT2D eigenvalue weighted by Crippen LogP contribution is -2.15. The van der Waals surface area contributed by atoms with Crippen LogP contribution < -0.4 is 0 Å². The second-order valence-corrected chi connectivity index (χ2v) is 3.74. The normalized spacial score (nSPS) is 16.0. The number of pyridine rings is 1. The van der Waals surface area contributed by atoms with Gasteiger partial charge in [0.05, 0.1) is 5.69 Å². The van der Waals surface area contributed by atoms with Gasteiger partial charge in [0.25, 0.3) is 0 Å². The Hall–Kier alpha value is -1.86. The summed E-state index contributed by atoms with van der Waals surface area (Å²) in [6, 6.07) is 3.89. The molecule has 0 aliphatic heterocycles. The minimum atomic E-state index is -0.155. The molecule has 0 atom stereocenters. The van der Waals surface area contributed by atoms with Crippen molar-refractivity contribution in [2.75, 3.05) is 13.7 Å². The first-order valence-electron chi connectivity index (χ1n) is 5.55. The SMILES string of the molecule is CO/N=C1\CCCc2ccc(C#CCO)nc21. The number of hydrogen-bond donors (Lipinski definition) is 1. The summed E-state index contributed by atoms with van der Waals surface area (Å²) >= 11 is 0. The van der Waals surface area contributed by atoms with Crippen LogP contribution in [0.15, 0.2) is 17.3 Å². The molecule has 0 aromatic carbocycles. The molecule has 1 aromatic rings. The van der Waals surface area contributed by atoms with Crippen molar-refractivity contribution in [2.45, 2.75) is 19.3 Å². The Morgan fingerprint density at radius 3 is 3.12 bits per heavy atom. The summed E-state index contributed by atoms with van der Waals surface area (Å²) in [6.07, 6.45) is 2.96. The molecular weight excluding hydrogens is 216 g/mol. The third kappa shape index (κ3) is 2.63. The van der Waals surface area contributed by atoms with E-state index in [1.807, 2.05) is 12.1 Å². The van der Waals surface area contributed by atoms with Gasteiger partial charge in [-0.2, -0.15) is 0 Å². The standard InChI is InChI=1S/C13H14N2O2/c1-17-15-12-6-2-4-10-7-8-11(5-3-9-16)14-13(10)12/h7-8,16H,2,4,6,9H2,1H3/b15-12+. The molecular formula is C13H14N2O2. The van der Waals surface area contributed by atoms with Crippen LogP contribution >= 0.6 is 0 Å². The van der Waals surface area contributed by atoms with Crippen LogP contribution in [0.25, 0.3) is 0 Å². The predicted octanol–water partition coefficient (Wildman–Crippen LogP) is 1.11. The summed E-state index contributed by atoms with van der Waals surface area (Å²) in [5.74, 6) is 5.39. The number of fused-ring (bicyclic) bond motifs is 1. The molecule has 0 spiro atoms. The molecule has 1 aromatic heterocycles. The van der Waals surface area contributed by atoms with Crippen molar-refractivity contribution in [3.05, 3.63) is 29.1 Å². The highest BCUT2D eigenvalue weighted by molar-refractivity contribution is 6.00. The summed E-state index contributed by atoms with van der Waals surface area (Å²) in [5.41, 5.74) is 3.59. The number of rotatable bonds is 1. The maximum atomic E-state index is 8.66. The highest BCUT2D eigenvalue weighted by Gasteiger charge is 2.17. The highest BCUT2D eigenvalue weighted by Crippen LogP contribution is 2.20. The molecule has 0 unspecified atom stereocenters. The number of oxime groups is 1. The van der Waals surface area contributed by atoms with E-state index in [0.29, 0.717) is 5.69 Å². The van der Waals surface area contributed by atoms with Crippen molar-refractivity contribution in [3.63, 3.8) is 0 Å². The van der Waals surface area contributed by atoms with Crippen molar-refractivity contribution in [1.82, 2.24) is 4.98 Å². The van der Waals surface area contributed by atoms with Crippen LogP contribution in [-0.2, 0) is 11.3 Å². The zero-order chi connectivity index (χ0) is 12.1. The highest BCUT2D eigenvalue weighted by atomic mass is 16.6. The second kappa shape index (κ2) is 5.46. The first kappa shape index (κ1) is 11.6. The minimum Gasteiger partial charge on any atom is -0.399 e. The minimum absolute atomic E-state index is 0.155. The third-order valence-electron chi connectivity index (χ3n) is 2.61. The molecule has 4 heteroatoms. The van der Waals surface area contributed by atoms with Gasteiger partial charge in [0.15, 0.2) is 0 Å². The third-order valence-corrected chi connectivity index (χ3v) is 2.61. The Balaban J connectivity index is 2.40. The van der Waals surface area contributed by atoms with Crippen LogP contribution in [0, 0.1) is 11.8 Å². The predicted molar refractivity (Wildman–Crippen MR) is 64.7 cm³/mol. The molecule has 2 rings (SSSR count). The first-order chi connectivity index (χ1) is 8.35. The average molecular weight is 230 g/mol. The lowest BCUT2D eigenvalue weighted by atomic mass is 9.94. The summed E-state index contributed by atoms with van der Waals surface area (Å²) in [5, 5.41) is 12.7. The maximum Gasteiger partial charge on any atom is 0.114 e. The quantitative estimate of drug-likeness (QED) is 0.581. The van der Waals surface area contributed by atoms with Gasteiger partial charge in [0, 0.05) is 0 Å². The topological polar surface area (TPSA) is 54.7 Å². The van der Waals surface area contributed by atoms with Crippen molar-refractivity contribution >= 4 is 5.71 Å². The lowest BCUT2D eigenvalue weighted by molar-refractivity contribution is 0.212. The number of aryl methyl sites for hydroxylation is 1. The Morgan fingerprint density at radius 1 is 1.47 bits per heavy atom. The fraction of sp³-hybridized carbons (Fsp3) is 0.385. The molecule has 0 radical (unpaired) electrons. The van der Waals surface area contributed by atoms with Gasteiger partial charge in [-0.3, -0.25) is 0 Å². The zero-order valence-electron chi connectivity index (χ0n) is 9.73.